The average Bonchev–Trinajstić information content (AvgIpc) is 2.61. The Morgan fingerprint density at radius 3 is 2.60 bits per heavy atom. The van der Waals surface area contributed by atoms with Crippen molar-refractivity contribution in [1.82, 2.24) is 10.3 Å². The average molecular weight is 352 g/mol. The van der Waals surface area contributed by atoms with E-state index in [9.17, 15) is 14.9 Å². The largest absolute Gasteiger partial charge is 0.493 e. The number of carbonyl (C=O) groups is 1. The number of methoxy groups -OCH3 is 2. The highest BCUT2D eigenvalue weighted by atomic mass is 16.6. The zero-order valence-electron chi connectivity index (χ0n) is 14.1. The van der Waals surface area contributed by atoms with E-state index >= 15 is 0 Å². The minimum Gasteiger partial charge on any atom is -0.493 e. The highest BCUT2D eigenvalue weighted by molar-refractivity contribution is 5.88. The van der Waals surface area contributed by atoms with Crippen LogP contribution in [-0.4, -0.2) is 69.0 Å². The third kappa shape index (κ3) is 5.13. The van der Waals surface area contributed by atoms with Gasteiger partial charge in [-0.2, -0.15) is 5.10 Å². The first-order valence-corrected chi connectivity index (χ1v) is 7.57. The van der Waals surface area contributed by atoms with Crippen molar-refractivity contribution in [3.8, 4) is 11.5 Å². The van der Waals surface area contributed by atoms with Crippen LogP contribution in [0, 0.1) is 10.1 Å². The first-order chi connectivity index (χ1) is 12.0. The Hall–Kier alpha value is -2.72. The Bertz CT molecular complexity index is 658. The van der Waals surface area contributed by atoms with Crippen molar-refractivity contribution in [3.63, 3.8) is 0 Å². The molecule has 1 aromatic carbocycles. The van der Waals surface area contributed by atoms with Crippen LogP contribution in [0.3, 0.4) is 0 Å². The van der Waals surface area contributed by atoms with E-state index in [-0.39, 0.29) is 29.5 Å². The number of ether oxygens (including phenoxy) is 3. The molecule has 1 N–H and O–H groups in total. The van der Waals surface area contributed by atoms with Crippen molar-refractivity contribution < 1.29 is 23.9 Å². The van der Waals surface area contributed by atoms with E-state index in [1.54, 1.807) is 0 Å². The van der Waals surface area contributed by atoms with E-state index in [4.69, 9.17) is 14.2 Å². The van der Waals surface area contributed by atoms with Gasteiger partial charge in [-0.25, -0.2) is 5.43 Å². The normalized spacial score (nSPS) is 15.1. The van der Waals surface area contributed by atoms with Crippen molar-refractivity contribution in [2.75, 3.05) is 47.1 Å². The highest BCUT2D eigenvalue weighted by Gasteiger charge is 2.18. The maximum atomic E-state index is 11.9. The van der Waals surface area contributed by atoms with E-state index in [1.165, 1.54) is 32.6 Å². The maximum Gasteiger partial charge on any atom is 0.282 e. The number of hydrogen-bond acceptors (Lipinski definition) is 8. The van der Waals surface area contributed by atoms with Crippen molar-refractivity contribution in [1.29, 1.82) is 0 Å². The summed E-state index contributed by atoms with van der Waals surface area (Å²) >= 11 is 0. The van der Waals surface area contributed by atoms with Crippen molar-refractivity contribution in [3.05, 3.63) is 27.8 Å². The van der Waals surface area contributed by atoms with Crippen molar-refractivity contribution in [2.45, 2.75) is 0 Å². The van der Waals surface area contributed by atoms with Gasteiger partial charge < -0.3 is 14.2 Å². The summed E-state index contributed by atoms with van der Waals surface area (Å²) < 4.78 is 15.4. The standard InChI is InChI=1S/C15H20N4O6/c1-23-13-7-11(12(19(21)22)8-14(13)24-2)9-16-17-15(20)10-18-3-5-25-6-4-18/h7-9H,3-6,10H2,1-2H3,(H,17,20)/b16-9-. The molecule has 10 nitrogen and oxygen atoms in total. The Labute approximate surface area is 144 Å². The molecule has 0 aromatic heterocycles. The van der Waals surface area contributed by atoms with Crippen LogP contribution in [0.25, 0.3) is 0 Å². The molecule has 1 aromatic rings. The van der Waals surface area contributed by atoms with Gasteiger partial charge in [0.05, 0.1) is 56.7 Å². The number of carbonyl (C=O) groups excluding carboxylic acids is 1. The molecule has 136 valence electrons. The van der Waals surface area contributed by atoms with Gasteiger partial charge in [-0.15, -0.1) is 0 Å². The number of nitrogens with one attached hydrogen (secondary N) is 1. The number of amides is 1. The Morgan fingerprint density at radius 1 is 1.36 bits per heavy atom. The molecule has 1 heterocycles. The zero-order valence-corrected chi connectivity index (χ0v) is 14.1. The second-order valence-corrected chi connectivity index (χ2v) is 5.20. The van der Waals surface area contributed by atoms with Gasteiger partial charge in [-0.3, -0.25) is 19.8 Å². The molecule has 0 bridgehead atoms. The van der Waals surface area contributed by atoms with Crippen LogP contribution in [0.15, 0.2) is 17.2 Å². The van der Waals surface area contributed by atoms with Crippen LogP contribution in [-0.2, 0) is 9.53 Å². The summed E-state index contributed by atoms with van der Waals surface area (Å²) in [6.07, 6.45) is 1.21. The van der Waals surface area contributed by atoms with Crippen LogP contribution in [0.5, 0.6) is 11.5 Å². The summed E-state index contributed by atoms with van der Waals surface area (Å²) in [6.45, 7) is 2.73. The van der Waals surface area contributed by atoms with Crippen LogP contribution in [0.1, 0.15) is 5.56 Å². The molecule has 0 spiro atoms. The maximum absolute atomic E-state index is 11.9. The first-order valence-electron chi connectivity index (χ1n) is 7.57. The van der Waals surface area contributed by atoms with Gasteiger partial charge in [0.15, 0.2) is 11.5 Å². The van der Waals surface area contributed by atoms with Crippen molar-refractivity contribution in [2.24, 2.45) is 5.10 Å². The lowest BCUT2D eigenvalue weighted by Crippen LogP contribution is -2.42. The molecule has 0 radical (unpaired) electrons. The monoisotopic (exact) mass is 352 g/mol. The highest BCUT2D eigenvalue weighted by Crippen LogP contribution is 2.33. The number of hydrazone groups is 1. The topological polar surface area (TPSA) is 116 Å². The summed E-state index contributed by atoms with van der Waals surface area (Å²) in [6, 6.07) is 2.67. The lowest BCUT2D eigenvalue weighted by atomic mass is 10.1. The SMILES string of the molecule is COc1cc(/C=N\NC(=O)CN2CCOCC2)c([N+](=O)[O-])cc1OC. The van der Waals surface area contributed by atoms with Gasteiger partial charge in [-0.05, 0) is 6.07 Å². The van der Waals surface area contributed by atoms with Crippen LogP contribution >= 0.6 is 0 Å². The fourth-order valence-corrected chi connectivity index (χ4v) is 2.32. The summed E-state index contributed by atoms with van der Waals surface area (Å²) in [5.74, 6) is 0.262. The Balaban J connectivity index is 2.05. The van der Waals surface area contributed by atoms with Gasteiger partial charge in [0.2, 0.25) is 0 Å². The van der Waals surface area contributed by atoms with Gasteiger partial charge in [0.25, 0.3) is 11.6 Å². The quantitative estimate of drug-likeness (QED) is 0.429. The van der Waals surface area contributed by atoms with Gasteiger partial charge >= 0.3 is 0 Å². The second kappa shape index (κ2) is 8.94. The molecule has 1 aliphatic heterocycles. The zero-order chi connectivity index (χ0) is 18.2. The van der Waals surface area contributed by atoms with Crippen LogP contribution < -0.4 is 14.9 Å². The van der Waals surface area contributed by atoms with Gasteiger partial charge in [0, 0.05) is 13.1 Å². The fourth-order valence-electron chi connectivity index (χ4n) is 2.32. The predicted octanol–water partition coefficient (Wildman–Crippen LogP) is 0.394. The number of nitrogens with zero attached hydrogens (tertiary/aromatic N) is 3. The summed E-state index contributed by atoms with van der Waals surface area (Å²) in [5, 5.41) is 15.0. The lowest BCUT2D eigenvalue weighted by molar-refractivity contribution is -0.385. The molecule has 1 fully saturated rings. The molecule has 0 unspecified atom stereocenters. The molecule has 25 heavy (non-hydrogen) atoms. The molecule has 1 amide bonds. The van der Waals surface area contributed by atoms with E-state index in [0.717, 1.165) is 0 Å². The van der Waals surface area contributed by atoms with Gasteiger partial charge in [-0.1, -0.05) is 0 Å². The summed E-state index contributed by atoms with van der Waals surface area (Å²) in [5.41, 5.74) is 2.35. The number of rotatable bonds is 7. The number of nitro groups is 1. The summed E-state index contributed by atoms with van der Waals surface area (Å²) in [7, 11) is 2.82. The lowest BCUT2D eigenvalue weighted by Gasteiger charge is -2.25. The van der Waals surface area contributed by atoms with Crippen LogP contribution in [0.2, 0.25) is 0 Å². The number of benzene rings is 1. The summed E-state index contributed by atoms with van der Waals surface area (Å²) in [4.78, 5) is 24.4. The first kappa shape index (κ1) is 18.6. The number of nitro benzene ring substituents is 1. The van der Waals surface area contributed by atoms with Crippen LogP contribution in [0.4, 0.5) is 5.69 Å². The van der Waals surface area contributed by atoms with E-state index in [0.29, 0.717) is 32.1 Å². The molecule has 0 atom stereocenters. The molecular weight excluding hydrogens is 332 g/mol. The predicted molar refractivity (Wildman–Crippen MR) is 89.2 cm³/mol. The van der Waals surface area contributed by atoms with E-state index in [1.807, 2.05) is 4.90 Å². The molecule has 1 saturated heterocycles. The number of morpholine rings is 1. The smallest absolute Gasteiger partial charge is 0.282 e. The minimum atomic E-state index is -0.557. The molecule has 2 rings (SSSR count). The van der Waals surface area contributed by atoms with E-state index in [2.05, 4.69) is 10.5 Å². The molecular formula is C15H20N4O6. The molecule has 0 saturated carbocycles. The fraction of sp³-hybridized carbons (Fsp3) is 0.467. The Kier molecular flexibility index (Phi) is 6.66. The molecule has 0 aliphatic carbocycles. The third-order valence-corrected chi connectivity index (χ3v) is 3.59. The number of hydrogen-bond donors (Lipinski definition) is 1. The van der Waals surface area contributed by atoms with E-state index < -0.39 is 4.92 Å². The second-order valence-electron chi connectivity index (χ2n) is 5.20. The van der Waals surface area contributed by atoms with Crippen molar-refractivity contribution >= 4 is 17.8 Å². The minimum absolute atomic E-state index is 0.189. The molecule has 1 aliphatic rings. The van der Waals surface area contributed by atoms with Gasteiger partial charge in [0.1, 0.15) is 0 Å². The Morgan fingerprint density at radius 2 is 2.00 bits per heavy atom. The third-order valence-electron chi connectivity index (χ3n) is 3.59. The molecule has 10 heteroatoms.